The first-order chi connectivity index (χ1) is 9.24. The van der Waals surface area contributed by atoms with Crippen LogP contribution < -0.4 is 5.32 Å². The van der Waals surface area contributed by atoms with Crippen LogP contribution in [0.5, 0.6) is 0 Å². The van der Waals surface area contributed by atoms with Crippen LogP contribution in [0, 0.1) is 12.7 Å². The summed E-state index contributed by atoms with van der Waals surface area (Å²) in [4.78, 5) is 0. The zero-order chi connectivity index (χ0) is 13.2. The van der Waals surface area contributed by atoms with Crippen molar-refractivity contribution in [2.24, 2.45) is 0 Å². The number of rotatable bonds is 3. The van der Waals surface area contributed by atoms with Gasteiger partial charge in [-0.1, -0.05) is 6.07 Å². The highest BCUT2D eigenvalue weighted by atomic mass is 19.1. The van der Waals surface area contributed by atoms with Gasteiger partial charge in [-0.3, -0.25) is 0 Å². The predicted molar refractivity (Wildman–Crippen MR) is 72.4 cm³/mol. The zero-order valence-electron chi connectivity index (χ0n) is 11.1. The molecule has 0 amide bonds. The van der Waals surface area contributed by atoms with E-state index in [1.54, 1.807) is 12.3 Å². The zero-order valence-corrected chi connectivity index (χ0v) is 11.1. The standard InChI is InChI=1S/C16H18FNO/c1-11-9-13(17)6-5-12(11)10-18-15-3-2-4-16-14(15)7-8-19-16/h5-9,15,18H,2-4,10H2,1H3. The molecule has 0 fully saturated rings. The Kier molecular flexibility index (Phi) is 3.38. The van der Waals surface area contributed by atoms with Crippen LogP contribution in [0.4, 0.5) is 4.39 Å². The quantitative estimate of drug-likeness (QED) is 0.904. The van der Waals surface area contributed by atoms with E-state index in [1.165, 1.54) is 11.6 Å². The van der Waals surface area contributed by atoms with E-state index in [-0.39, 0.29) is 5.82 Å². The van der Waals surface area contributed by atoms with E-state index in [0.29, 0.717) is 6.04 Å². The molecular weight excluding hydrogens is 241 g/mol. The average Bonchev–Trinajstić information content (AvgIpc) is 2.86. The van der Waals surface area contributed by atoms with Gasteiger partial charge in [-0.2, -0.15) is 0 Å². The number of halogens is 1. The predicted octanol–water partition coefficient (Wildman–Crippen LogP) is 3.89. The van der Waals surface area contributed by atoms with Crippen molar-refractivity contribution in [3.05, 3.63) is 58.8 Å². The van der Waals surface area contributed by atoms with E-state index in [0.717, 1.165) is 42.7 Å². The largest absolute Gasteiger partial charge is 0.469 e. The fourth-order valence-electron chi connectivity index (χ4n) is 2.79. The first-order valence-corrected chi connectivity index (χ1v) is 6.79. The molecule has 0 radical (unpaired) electrons. The molecule has 1 aliphatic carbocycles. The Bertz CT molecular complexity index is 576. The Labute approximate surface area is 112 Å². The number of hydrogen-bond donors (Lipinski definition) is 1. The van der Waals surface area contributed by atoms with Gasteiger partial charge in [0.1, 0.15) is 11.6 Å². The highest BCUT2D eigenvalue weighted by Gasteiger charge is 2.22. The smallest absolute Gasteiger partial charge is 0.123 e. The average molecular weight is 259 g/mol. The monoisotopic (exact) mass is 259 g/mol. The van der Waals surface area contributed by atoms with Gasteiger partial charge in [0.25, 0.3) is 0 Å². The van der Waals surface area contributed by atoms with Crippen molar-refractivity contribution in [3.63, 3.8) is 0 Å². The summed E-state index contributed by atoms with van der Waals surface area (Å²) in [5, 5.41) is 3.56. The van der Waals surface area contributed by atoms with Crippen LogP contribution in [0.25, 0.3) is 0 Å². The molecule has 19 heavy (non-hydrogen) atoms. The second-order valence-electron chi connectivity index (χ2n) is 5.20. The second-order valence-corrected chi connectivity index (χ2v) is 5.20. The highest BCUT2D eigenvalue weighted by molar-refractivity contribution is 5.28. The lowest BCUT2D eigenvalue weighted by molar-refractivity contribution is 0.410. The maximum absolute atomic E-state index is 13.1. The Hall–Kier alpha value is -1.61. The maximum atomic E-state index is 13.1. The number of hydrogen-bond acceptors (Lipinski definition) is 2. The molecule has 1 atom stereocenters. The van der Waals surface area contributed by atoms with Crippen molar-refractivity contribution in [1.29, 1.82) is 0 Å². The first-order valence-electron chi connectivity index (χ1n) is 6.79. The van der Waals surface area contributed by atoms with Crippen molar-refractivity contribution in [2.75, 3.05) is 0 Å². The summed E-state index contributed by atoms with van der Waals surface area (Å²) in [6.07, 6.45) is 5.09. The third-order valence-corrected chi connectivity index (χ3v) is 3.90. The summed E-state index contributed by atoms with van der Waals surface area (Å²) < 4.78 is 18.6. The summed E-state index contributed by atoms with van der Waals surface area (Å²) in [5.74, 6) is 0.940. The van der Waals surface area contributed by atoms with Crippen LogP contribution >= 0.6 is 0 Å². The molecule has 0 spiro atoms. The van der Waals surface area contributed by atoms with Gasteiger partial charge in [0.15, 0.2) is 0 Å². The molecule has 2 nitrogen and oxygen atoms in total. The molecule has 1 unspecified atom stereocenters. The lowest BCUT2D eigenvalue weighted by Gasteiger charge is -2.23. The van der Waals surface area contributed by atoms with Crippen molar-refractivity contribution >= 4 is 0 Å². The Morgan fingerprint density at radius 2 is 2.26 bits per heavy atom. The lowest BCUT2D eigenvalue weighted by Crippen LogP contribution is -2.24. The number of nitrogens with one attached hydrogen (secondary N) is 1. The number of furan rings is 1. The summed E-state index contributed by atoms with van der Waals surface area (Å²) in [6.45, 7) is 2.71. The number of fused-ring (bicyclic) bond motifs is 1. The number of aryl methyl sites for hydroxylation is 2. The molecule has 0 saturated carbocycles. The Balaban J connectivity index is 1.71. The summed E-state index contributed by atoms with van der Waals surface area (Å²) >= 11 is 0. The van der Waals surface area contributed by atoms with Gasteiger partial charge >= 0.3 is 0 Å². The summed E-state index contributed by atoms with van der Waals surface area (Å²) in [6, 6.07) is 7.38. The van der Waals surface area contributed by atoms with Crippen LogP contribution in [0.1, 0.15) is 41.3 Å². The van der Waals surface area contributed by atoms with E-state index in [4.69, 9.17) is 4.42 Å². The second kappa shape index (κ2) is 5.17. The van der Waals surface area contributed by atoms with Crippen molar-refractivity contribution in [3.8, 4) is 0 Å². The maximum Gasteiger partial charge on any atom is 0.123 e. The van der Waals surface area contributed by atoms with Crippen LogP contribution in [0.3, 0.4) is 0 Å². The Morgan fingerprint density at radius 3 is 3.11 bits per heavy atom. The van der Waals surface area contributed by atoms with Gasteiger partial charge in [-0.15, -0.1) is 0 Å². The molecule has 1 aliphatic rings. The van der Waals surface area contributed by atoms with Crippen LogP contribution in [-0.2, 0) is 13.0 Å². The van der Waals surface area contributed by atoms with Gasteiger partial charge in [-0.25, -0.2) is 4.39 Å². The van der Waals surface area contributed by atoms with Gasteiger partial charge in [0, 0.05) is 24.6 Å². The van der Waals surface area contributed by atoms with Crippen LogP contribution in [0.2, 0.25) is 0 Å². The van der Waals surface area contributed by atoms with Crippen LogP contribution in [0.15, 0.2) is 34.9 Å². The molecule has 1 aromatic heterocycles. The molecule has 1 N–H and O–H groups in total. The van der Waals surface area contributed by atoms with Crippen molar-refractivity contribution < 1.29 is 8.81 Å². The number of benzene rings is 1. The fourth-order valence-corrected chi connectivity index (χ4v) is 2.79. The van der Waals surface area contributed by atoms with E-state index < -0.39 is 0 Å². The van der Waals surface area contributed by atoms with E-state index in [2.05, 4.69) is 11.4 Å². The third kappa shape index (κ3) is 2.56. The molecular formula is C16H18FNO. The topological polar surface area (TPSA) is 25.2 Å². The first kappa shape index (κ1) is 12.4. The third-order valence-electron chi connectivity index (χ3n) is 3.90. The minimum Gasteiger partial charge on any atom is -0.469 e. The van der Waals surface area contributed by atoms with Gasteiger partial charge in [0.05, 0.1) is 6.26 Å². The Morgan fingerprint density at radius 1 is 1.37 bits per heavy atom. The van der Waals surface area contributed by atoms with E-state index >= 15 is 0 Å². The van der Waals surface area contributed by atoms with Crippen LogP contribution in [-0.4, -0.2) is 0 Å². The lowest BCUT2D eigenvalue weighted by atomic mass is 9.93. The molecule has 1 aromatic carbocycles. The summed E-state index contributed by atoms with van der Waals surface area (Å²) in [5.41, 5.74) is 3.43. The van der Waals surface area contributed by atoms with Gasteiger partial charge in [-0.05, 0) is 49.1 Å². The van der Waals surface area contributed by atoms with Gasteiger partial charge < -0.3 is 9.73 Å². The van der Waals surface area contributed by atoms with E-state index in [1.807, 2.05) is 13.0 Å². The molecule has 0 aliphatic heterocycles. The molecule has 100 valence electrons. The molecule has 3 rings (SSSR count). The SMILES string of the molecule is Cc1cc(F)ccc1CNC1CCCc2occc21. The normalized spacial score (nSPS) is 18.3. The molecule has 0 bridgehead atoms. The highest BCUT2D eigenvalue weighted by Crippen LogP contribution is 2.30. The molecule has 0 saturated heterocycles. The van der Waals surface area contributed by atoms with Crippen molar-refractivity contribution in [1.82, 2.24) is 5.32 Å². The minimum atomic E-state index is -0.170. The fraction of sp³-hybridized carbons (Fsp3) is 0.375. The van der Waals surface area contributed by atoms with Gasteiger partial charge in [0.2, 0.25) is 0 Å². The van der Waals surface area contributed by atoms with E-state index in [9.17, 15) is 4.39 Å². The molecule has 3 heteroatoms. The van der Waals surface area contributed by atoms with Crippen molar-refractivity contribution in [2.45, 2.75) is 38.8 Å². The summed E-state index contributed by atoms with van der Waals surface area (Å²) in [7, 11) is 0. The molecule has 2 aromatic rings. The minimum absolute atomic E-state index is 0.170. The molecule has 1 heterocycles.